The molecule has 2 atom stereocenters. The molecule has 0 aliphatic heterocycles. The van der Waals surface area contributed by atoms with Crippen LogP contribution in [0.4, 0.5) is 0 Å². The number of phosphoric acid groups is 1. The molecule has 0 aromatic carbocycles. The summed E-state index contributed by atoms with van der Waals surface area (Å²) in [5.41, 5.74) is 0. The average Bonchev–Trinajstić information content (AvgIpc) is 3.16. The molecule has 0 aliphatic rings. The molecule has 0 spiro atoms. The quantitative estimate of drug-likeness (QED) is 0.0197. The number of nitrogens with zero attached hydrogens (tertiary/aromatic N) is 1. The van der Waals surface area contributed by atoms with Crippen LogP contribution in [0.1, 0.15) is 200 Å². The largest absolute Gasteiger partial charge is 0.756 e. The van der Waals surface area contributed by atoms with Crippen molar-refractivity contribution in [2.75, 3.05) is 47.5 Å². The molecule has 0 N–H and O–H groups in total. The number of allylic oxidation sites excluding steroid dienone is 6. The van der Waals surface area contributed by atoms with Gasteiger partial charge in [0, 0.05) is 12.8 Å². The molecule has 0 saturated heterocycles. The highest BCUT2D eigenvalue weighted by Gasteiger charge is 2.21. The minimum absolute atomic E-state index is 0.0318. The van der Waals surface area contributed by atoms with Crippen LogP contribution in [0.5, 0.6) is 0 Å². The number of ether oxygens (including phenoxy) is 2. The zero-order valence-corrected chi connectivity index (χ0v) is 38.4. The summed E-state index contributed by atoms with van der Waals surface area (Å²) in [6, 6.07) is 0. The first-order chi connectivity index (χ1) is 27.5. The van der Waals surface area contributed by atoms with Gasteiger partial charge in [0.2, 0.25) is 0 Å². The third-order valence-electron chi connectivity index (χ3n) is 9.91. The summed E-state index contributed by atoms with van der Waals surface area (Å²) in [6.45, 7) is 4.20. The van der Waals surface area contributed by atoms with Crippen LogP contribution in [0.15, 0.2) is 36.5 Å². The van der Waals surface area contributed by atoms with E-state index in [1.165, 1.54) is 109 Å². The van der Waals surface area contributed by atoms with E-state index in [0.29, 0.717) is 17.4 Å². The number of likely N-dealkylation sites (N-methyl/N-ethyl adjacent to an activating group) is 1. The minimum Gasteiger partial charge on any atom is -0.756 e. The van der Waals surface area contributed by atoms with Crippen molar-refractivity contribution < 1.29 is 42.1 Å². The highest BCUT2D eigenvalue weighted by Crippen LogP contribution is 2.38. The maximum atomic E-state index is 12.7. The Labute approximate surface area is 351 Å². The smallest absolute Gasteiger partial charge is 0.306 e. The molecule has 0 radical (unpaired) electrons. The van der Waals surface area contributed by atoms with Gasteiger partial charge in [-0.1, -0.05) is 172 Å². The van der Waals surface area contributed by atoms with E-state index in [2.05, 4.69) is 50.3 Å². The van der Waals surface area contributed by atoms with Crippen LogP contribution in [0, 0.1) is 0 Å². The first-order valence-corrected chi connectivity index (χ1v) is 24.7. The fourth-order valence-electron chi connectivity index (χ4n) is 6.25. The van der Waals surface area contributed by atoms with Gasteiger partial charge in [-0.3, -0.25) is 14.2 Å². The Morgan fingerprint density at radius 3 is 1.40 bits per heavy atom. The van der Waals surface area contributed by atoms with Gasteiger partial charge < -0.3 is 27.9 Å². The average molecular weight is 826 g/mol. The zero-order chi connectivity index (χ0) is 42.1. The molecular formula is C47H88NO8P. The van der Waals surface area contributed by atoms with E-state index in [-0.39, 0.29) is 32.0 Å². The monoisotopic (exact) mass is 826 g/mol. The lowest BCUT2D eigenvalue weighted by atomic mass is 10.1. The SMILES string of the molecule is CCCCCCC/C=C\C/C=C\C/C=C\CCCCCCCCCCC(=O)OC(COC(=O)CCCCCCCCCCCC)COP(=O)([O-])OCC[N+](C)(C)C. The van der Waals surface area contributed by atoms with E-state index >= 15 is 0 Å². The van der Waals surface area contributed by atoms with Crippen LogP contribution in [0.3, 0.4) is 0 Å². The highest BCUT2D eigenvalue weighted by atomic mass is 31.2. The van der Waals surface area contributed by atoms with Crippen LogP contribution in [-0.4, -0.2) is 70.0 Å². The number of unbranched alkanes of at least 4 members (excludes halogenated alkanes) is 22. The number of phosphoric ester groups is 1. The number of carbonyl (C=O) groups excluding carboxylic acids is 2. The predicted octanol–water partition coefficient (Wildman–Crippen LogP) is 12.7. The van der Waals surface area contributed by atoms with Crippen molar-refractivity contribution in [1.29, 1.82) is 0 Å². The molecule has 0 fully saturated rings. The van der Waals surface area contributed by atoms with E-state index in [1.807, 2.05) is 21.1 Å². The normalized spacial score (nSPS) is 13.9. The lowest BCUT2D eigenvalue weighted by Crippen LogP contribution is -2.37. The maximum Gasteiger partial charge on any atom is 0.306 e. The number of hydrogen-bond donors (Lipinski definition) is 0. The second-order valence-corrected chi connectivity index (χ2v) is 18.2. The Morgan fingerprint density at radius 2 is 0.947 bits per heavy atom. The molecule has 0 aromatic heterocycles. The van der Waals surface area contributed by atoms with Crippen LogP contribution in [0.2, 0.25) is 0 Å². The first kappa shape index (κ1) is 55.2. The Morgan fingerprint density at radius 1 is 0.544 bits per heavy atom. The lowest BCUT2D eigenvalue weighted by molar-refractivity contribution is -0.870. The Balaban J connectivity index is 4.25. The molecule has 0 saturated carbocycles. The summed E-state index contributed by atoms with van der Waals surface area (Å²) in [5.74, 6) is -0.841. The van der Waals surface area contributed by atoms with Crippen molar-refractivity contribution in [2.45, 2.75) is 206 Å². The zero-order valence-electron chi connectivity index (χ0n) is 37.5. The van der Waals surface area contributed by atoms with Gasteiger partial charge in [0.25, 0.3) is 7.82 Å². The Kier molecular flexibility index (Phi) is 38.4. The molecule has 0 aromatic rings. The van der Waals surface area contributed by atoms with Crippen molar-refractivity contribution in [3.63, 3.8) is 0 Å². The van der Waals surface area contributed by atoms with E-state index in [4.69, 9.17) is 18.5 Å². The van der Waals surface area contributed by atoms with Crippen LogP contribution < -0.4 is 4.89 Å². The maximum absolute atomic E-state index is 12.7. The van der Waals surface area contributed by atoms with Gasteiger partial charge in [-0.2, -0.15) is 0 Å². The van der Waals surface area contributed by atoms with Gasteiger partial charge in [0.1, 0.15) is 19.8 Å². The van der Waals surface area contributed by atoms with Gasteiger partial charge in [-0.25, -0.2) is 0 Å². The Bertz CT molecular complexity index is 1070. The summed E-state index contributed by atoms with van der Waals surface area (Å²) < 4.78 is 33.9. The van der Waals surface area contributed by atoms with Crippen molar-refractivity contribution in [3.8, 4) is 0 Å². The van der Waals surface area contributed by atoms with Gasteiger partial charge in [0.15, 0.2) is 6.10 Å². The number of rotatable bonds is 42. The molecule has 10 heteroatoms. The van der Waals surface area contributed by atoms with E-state index in [1.54, 1.807) is 0 Å². The molecule has 0 amide bonds. The van der Waals surface area contributed by atoms with Crippen molar-refractivity contribution in [3.05, 3.63) is 36.5 Å². The van der Waals surface area contributed by atoms with E-state index < -0.39 is 26.5 Å². The molecule has 0 rings (SSSR count). The molecule has 9 nitrogen and oxygen atoms in total. The van der Waals surface area contributed by atoms with Gasteiger partial charge in [0.05, 0.1) is 27.7 Å². The third kappa shape index (κ3) is 43.6. The van der Waals surface area contributed by atoms with Crippen molar-refractivity contribution >= 4 is 19.8 Å². The fraction of sp³-hybridized carbons (Fsp3) is 0.830. The van der Waals surface area contributed by atoms with Crippen LogP contribution >= 0.6 is 7.82 Å². The molecular weight excluding hydrogens is 737 g/mol. The summed E-state index contributed by atoms with van der Waals surface area (Å²) in [5, 5.41) is 0. The van der Waals surface area contributed by atoms with Crippen LogP contribution in [0.25, 0.3) is 0 Å². The Hall–Kier alpha value is -1.77. The fourth-order valence-corrected chi connectivity index (χ4v) is 6.98. The summed E-state index contributed by atoms with van der Waals surface area (Å²) in [7, 11) is 1.16. The summed E-state index contributed by atoms with van der Waals surface area (Å²) >= 11 is 0. The lowest BCUT2D eigenvalue weighted by Gasteiger charge is -2.28. The van der Waals surface area contributed by atoms with Crippen molar-refractivity contribution in [2.24, 2.45) is 0 Å². The number of esters is 2. The van der Waals surface area contributed by atoms with Gasteiger partial charge in [-0.15, -0.1) is 0 Å². The highest BCUT2D eigenvalue weighted by molar-refractivity contribution is 7.45. The standard InChI is InChI=1S/C47H88NO8P/c1-6-8-10-12-14-16-18-19-20-21-22-23-24-25-26-27-28-29-30-32-34-36-38-40-47(50)56-45(44-55-57(51,52)54-42-41-48(3,4)5)43-53-46(49)39-37-35-33-31-17-15-13-11-9-7-2/h18-19,21-22,24-25,45H,6-17,20,23,26-44H2,1-5H3/b19-18-,22-21-,25-24-. The molecule has 334 valence electrons. The molecule has 0 aliphatic carbocycles. The van der Waals surface area contributed by atoms with E-state index in [9.17, 15) is 19.0 Å². The predicted molar refractivity (Wildman–Crippen MR) is 236 cm³/mol. The summed E-state index contributed by atoms with van der Waals surface area (Å²) in [6.07, 6.45) is 44.6. The van der Waals surface area contributed by atoms with Gasteiger partial charge in [-0.05, 0) is 51.4 Å². The molecule has 0 heterocycles. The number of quaternary nitrogens is 1. The first-order valence-electron chi connectivity index (χ1n) is 23.2. The third-order valence-corrected chi connectivity index (χ3v) is 10.9. The van der Waals surface area contributed by atoms with Crippen LogP contribution in [-0.2, 0) is 32.7 Å². The van der Waals surface area contributed by atoms with Gasteiger partial charge >= 0.3 is 11.9 Å². The minimum atomic E-state index is -4.62. The number of carbonyl (C=O) groups is 2. The second-order valence-electron chi connectivity index (χ2n) is 16.8. The van der Waals surface area contributed by atoms with E-state index in [0.717, 1.165) is 57.8 Å². The molecule has 57 heavy (non-hydrogen) atoms. The molecule has 0 bridgehead atoms. The summed E-state index contributed by atoms with van der Waals surface area (Å²) in [4.78, 5) is 37.5. The topological polar surface area (TPSA) is 111 Å². The second kappa shape index (κ2) is 39.7. The number of hydrogen-bond acceptors (Lipinski definition) is 8. The van der Waals surface area contributed by atoms with Crippen molar-refractivity contribution in [1.82, 2.24) is 0 Å². The molecule has 2 unspecified atom stereocenters.